The number of carbonyl (C=O) groups is 1. The summed E-state index contributed by atoms with van der Waals surface area (Å²) in [6.07, 6.45) is 2.56. The molecule has 1 amide bonds. The maximum Gasteiger partial charge on any atom is 0.251 e. The third-order valence-corrected chi connectivity index (χ3v) is 5.56. The van der Waals surface area contributed by atoms with Crippen LogP contribution >= 0.6 is 0 Å². The van der Waals surface area contributed by atoms with Gasteiger partial charge in [-0.05, 0) is 55.5 Å². The van der Waals surface area contributed by atoms with Crippen LogP contribution in [0.3, 0.4) is 0 Å². The number of nitrogens with one attached hydrogen (secondary N) is 1. The highest BCUT2D eigenvalue weighted by Gasteiger charge is 2.24. The van der Waals surface area contributed by atoms with Crippen LogP contribution < -0.4 is 5.32 Å². The van der Waals surface area contributed by atoms with Gasteiger partial charge in [-0.15, -0.1) is 0 Å². The molecular formula is C23H28N2O2. The van der Waals surface area contributed by atoms with E-state index in [2.05, 4.69) is 54.4 Å². The molecule has 142 valence electrons. The van der Waals surface area contributed by atoms with Gasteiger partial charge < -0.3 is 10.1 Å². The molecule has 2 aromatic carbocycles. The Labute approximate surface area is 161 Å². The number of fused-ring (bicyclic) bond motifs is 1. The van der Waals surface area contributed by atoms with E-state index in [1.54, 1.807) is 0 Å². The minimum Gasteiger partial charge on any atom is -0.373 e. The summed E-state index contributed by atoms with van der Waals surface area (Å²) in [5.74, 6) is 0.0110. The number of hydrogen-bond donors (Lipinski definition) is 1. The van der Waals surface area contributed by atoms with Gasteiger partial charge >= 0.3 is 0 Å². The van der Waals surface area contributed by atoms with Gasteiger partial charge in [0, 0.05) is 25.2 Å². The molecule has 0 spiro atoms. The molecule has 1 aliphatic heterocycles. The number of amides is 1. The Morgan fingerprint density at radius 1 is 1.07 bits per heavy atom. The molecule has 27 heavy (non-hydrogen) atoms. The van der Waals surface area contributed by atoms with Gasteiger partial charge in [0.1, 0.15) is 0 Å². The fourth-order valence-electron chi connectivity index (χ4n) is 4.38. The molecule has 4 rings (SSSR count). The van der Waals surface area contributed by atoms with Crippen molar-refractivity contribution in [3.63, 3.8) is 0 Å². The number of nitrogens with zero attached hydrogens (tertiary/aromatic N) is 1. The molecule has 0 unspecified atom stereocenters. The Morgan fingerprint density at radius 2 is 1.78 bits per heavy atom. The fraction of sp³-hybridized carbons (Fsp3) is 0.435. The Balaban J connectivity index is 1.37. The predicted molar refractivity (Wildman–Crippen MR) is 107 cm³/mol. The molecule has 2 aromatic rings. The van der Waals surface area contributed by atoms with Gasteiger partial charge in [-0.25, -0.2) is 0 Å². The normalized spacial score (nSPS) is 25.2. The SMILES string of the molecule is C[C@@H]1CN(Cc2ccc(C(=O)N[C@H]3CCc4ccccc43)cc2)C[C@@H](C)O1. The van der Waals surface area contributed by atoms with Gasteiger partial charge in [-0.2, -0.15) is 0 Å². The quantitative estimate of drug-likeness (QED) is 0.899. The van der Waals surface area contributed by atoms with E-state index in [1.165, 1.54) is 16.7 Å². The molecule has 0 bridgehead atoms. The third-order valence-electron chi connectivity index (χ3n) is 5.56. The van der Waals surface area contributed by atoms with Crippen LogP contribution in [0.4, 0.5) is 0 Å². The molecule has 1 heterocycles. The monoisotopic (exact) mass is 364 g/mol. The molecule has 0 radical (unpaired) electrons. The summed E-state index contributed by atoms with van der Waals surface area (Å²) in [6.45, 7) is 7.05. The first-order valence-electron chi connectivity index (χ1n) is 9.94. The van der Waals surface area contributed by atoms with Gasteiger partial charge in [-0.3, -0.25) is 9.69 Å². The second-order valence-electron chi connectivity index (χ2n) is 7.91. The molecule has 1 N–H and O–H groups in total. The van der Waals surface area contributed by atoms with E-state index < -0.39 is 0 Å². The summed E-state index contributed by atoms with van der Waals surface area (Å²) < 4.78 is 5.80. The van der Waals surface area contributed by atoms with Crippen LogP contribution in [-0.4, -0.2) is 36.1 Å². The van der Waals surface area contributed by atoms with Crippen molar-refractivity contribution in [1.82, 2.24) is 10.2 Å². The average molecular weight is 364 g/mol. The number of ether oxygens (including phenoxy) is 1. The highest BCUT2D eigenvalue weighted by atomic mass is 16.5. The predicted octanol–water partition coefficient (Wildman–Crippen LogP) is 3.71. The second kappa shape index (κ2) is 7.83. The maximum atomic E-state index is 12.7. The molecule has 0 aromatic heterocycles. The molecule has 1 saturated heterocycles. The van der Waals surface area contributed by atoms with Crippen LogP contribution in [-0.2, 0) is 17.7 Å². The third kappa shape index (κ3) is 4.23. The number of carbonyl (C=O) groups excluding carboxylic acids is 1. The molecule has 1 aliphatic carbocycles. The molecule has 2 aliphatic rings. The van der Waals surface area contributed by atoms with Crippen LogP contribution in [0.5, 0.6) is 0 Å². The highest BCUT2D eigenvalue weighted by molar-refractivity contribution is 5.94. The van der Waals surface area contributed by atoms with E-state index >= 15 is 0 Å². The number of morpholine rings is 1. The van der Waals surface area contributed by atoms with Crippen molar-refractivity contribution in [3.05, 3.63) is 70.8 Å². The van der Waals surface area contributed by atoms with Crippen molar-refractivity contribution in [3.8, 4) is 0 Å². The molecule has 4 nitrogen and oxygen atoms in total. The van der Waals surface area contributed by atoms with Crippen molar-refractivity contribution < 1.29 is 9.53 Å². The maximum absolute atomic E-state index is 12.7. The fourth-order valence-corrected chi connectivity index (χ4v) is 4.38. The van der Waals surface area contributed by atoms with E-state index in [1.807, 2.05) is 18.2 Å². The molecule has 4 heteroatoms. The summed E-state index contributed by atoms with van der Waals surface area (Å²) in [5, 5.41) is 3.20. The summed E-state index contributed by atoms with van der Waals surface area (Å²) in [5.41, 5.74) is 4.58. The lowest BCUT2D eigenvalue weighted by Crippen LogP contribution is -2.44. The van der Waals surface area contributed by atoms with E-state index in [0.29, 0.717) is 0 Å². The van der Waals surface area contributed by atoms with Gasteiger partial charge in [0.25, 0.3) is 5.91 Å². The summed E-state index contributed by atoms with van der Waals surface area (Å²) in [4.78, 5) is 15.1. The summed E-state index contributed by atoms with van der Waals surface area (Å²) >= 11 is 0. The van der Waals surface area contributed by atoms with Crippen molar-refractivity contribution in [2.45, 2.75) is 51.5 Å². The standard InChI is InChI=1S/C23H28N2O2/c1-16-13-25(14-17(2)27-16)15-18-7-9-20(10-8-18)23(26)24-22-12-11-19-5-3-4-6-21(19)22/h3-10,16-17,22H,11-15H2,1-2H3,(H,24,26)/t16-,17-,22+/m1/s1. The Bertz CT molecular complexity index is 792. The van der Waals surface area contributed by atoms with E-state index in [-0.39, 0.29) is 24.2 Å². The van der Waals surface area contributed by atoms with Crippen molar-refractivity contribution >= 4 is 5.91 Å². The van der Waals surface area contributed by atoms with Crippen LogP contribution in [0.15, 0.2) is 48.5 Å². The number of aryl methyl sites for hydroxylation is 1. The van der Waals surface area contributed by atoms with E-state index in [9.17, 15) is 4.79 Å². The number of rotatable bonds is 4. The summed E-state index contributed by atoms with van der Waals surface area (Å²) in [7, 11) is 0. The van der Waals surface area contributed by atoms with Crippen LogP contribution in [0, 0.1) is 0 Å². The Morgan fingerprint density at radius 3 is 2.52 bits per heavy atom. The second-order valence-corrected chi connectivity index (χ2v) is 7.91. The summed E-state index contributed by atoms with van der Waals surface area (Å²) in [6, 6.07) is 16.6. The van der Waals surface area contributed by atoms with Crippen LogP contribution in [0.1, 0.15) is 53.4 Å². The first-order valence-corrected chi connectivity index (χ1v) is 9.94. The van der Waals surface area contributed by atoms with E-state index in [0.717, 1.165) is 38.0 Å². The number of hydrogen-bond acceptors (Lipinski definition) is 3. The van der Waals surface area contributed by atoms with Gasteiger partial charge in [0.05, 0.1) is 18.2 Å². The van der Waals surface area contributed by atoms with Crippen LogP contribution in [0.2, 0.25) is 0 Å². The van der Waals surface area contributed by atoms with Gasteiger partial charge in [-0.1, -0.05) is 36.4 Å². The first-order chi connectivity index (χ1) is 13.1. The van der Waals surface area contributed by atoms with E-state index in [4.69, 9.17) is 4.74 Å². The highest BCUT2D eigenvalue weighted by Crippen LogP contribution is 2.30. The lowest BCUT2D eigenvalue weighted by atomic mass is 10.1. The molecular weight excluding hydrogens is 336 g/mol. The lowest BCUT2D eigenvalue weighted by Gasteiger charge is -2.35. The minimum absolute atomic E-state index is 0.0110. The Hall–Kier alpha value is -2.17. The molecule has 3 atom stereocenters. The topological polar surface area (TPSA) is 41.6 Å². The number of benzene rings is 2. The smallest absolute Gasteiger partial charge is 0.251 e. The lowest BCUT2D eigenvalue weighted by molar-refractivity contribution is -0.0704. The first kappa shape index (κ1) is 18.2. The van der Waals surface area contributed by atoms with Crippen molar-refractivity contribution in [2.75, 3.05) is 13.1 Å². The zero-order chi connectivity index (χ0) is 18.8. The minimum atomic E-state index is 0.0110. The van der Waals surface area contributed by atoms with Crippen molar-refractivity contribution in [1.29, 1.82) is 0 Å². The largest absolute Gasteiger partial charge is 0.373 e. The molecule has 1 fully saturated rings. The van der Waals surface area contributed by atoms with Crippen molar-refractivity contribution in [2.24, 2.45) is 0 Å². The zero-order valence-electron chi connectivity index (χ0n) is 16.2. The molecule has 0 saturated carbocycles. The van der Waals surface area contributed by atoms with Gasteiger partial charge in [0.15, 0.2) is 0 Å². The average Bonchev–Trinajstić information content (AvgIpc) is 3.04. The van der Waals surface area contributed by atoms with Crippen LogP contribution in [0.25, 0.3) is 0 Å². The van der Waals surface area contributed by atoms with Gasteiger partial charge in [0.2, 0.25) is 0 Å². The Kier molecular flexibility index (Phi) is 5.28. The zero-order valence-corrected chi connectivity index (χ0v) is 16.2.